The van der Waals surface area contributed by atoms with Gasteiger partial charge in [0.2, 0.25) is 11.8 Å². The number of benzene rings is 1. The highest BCUT2D eigenvalue weighted by molar-refractivity contribution is 5.98. The number of carbonyl (C=O) groups is 2. The summed E-state index contributed by atoms with van der Waals surface area (Å²) in [7, 11) is 1.61. The molecule has 1 saturated heterocycles. The van der Waals surface area contributed by atoms with Crippen molar-refractivity contribution in [3.8, 4) is 5.75 Å². The number of rotatable bonds is 4. The van der Waals surface area contributed by atoms with Crippen LogP contribution in [0.25, 0.3) is 5.57 Å². The van der Waals surface area contributed by atoms with Crippen molar-refractivity contribution in [2.24, 2.45) is 0 Å². The number of nitrogens with zero attached hydrogens (tertiary/aromatic N) is 1. The second kappa shape index (κ2) is 7.11. The van der Waals surface area contributed by atoms with E-state index in [1.165, 1.54) is 0 Å². The summed E-state index contributed by atoms with van der Waals surface area (Å²) in [6.07, 6.45) is 2.19. The molecule has 118 valence electrons. The Kier molecular flexibility index (Phi) is 5.20. The van der Waals surface area contributed by atoms with Crippen LogP contribution in [0.2, 0.25) is 0 Å². The third kappa shape index (κ3) is 3.30. The van der Waals surface area contributed by atoms with Crippen LogP contribution in [0.3, 0.4) is 0 Å². The summed E-state index contributed by atoms with van der Waals surface area (Å²) in [5, 5.41) is 2.80. The van der Waals surface area contributed by atoms with Crippen LogP contribution in [0, 0.1) is 0 Å². The molecule has 5 nitrogen and oxygen atoms in total. The van der Waals surface area contributed by atoms with Crippen molar-refractivity contribution in [3.05, 3.63) is 35.9 Å². The van der Waals surface area contributed by atoms with E-state index >= 15 is 0 Å². The Morgan fingerprint density at radius 1 is 1.45 bits per heavy atom. The first-order valence-corrected chi connectivity index (χ1v) is 7.48. The lowest BCUT2D eigenvalue weighted by Gasteiger charge is -2.33. The fourth-order valence-corrected chi connectivity index (χ4v) is 2.70. The molecule has 0 radical (unpaired) electrons. The van der Waals surface area contributed by atoms with Gasteiger partial charge in [-0.15, -0.1) is 0 Å². The van der Waals surface area contributed by atoms with Crippen molar-refractivity contribution in [1.29, 1.82) is 0 Å². The van der Waals surface area contributed by atoms with Crippen LogP contribution in [-0.2, 0) is 9.59 Å². The van der Waals surface area contributed by atoms with Gasteiger partial charge >= 0.3 is 0 Å². The quantitative estimate of drug-likeness (QED) is 0.863. The normalized spacial score (nSPS) is 18.9. The summed E-state index contributed by atoms with van der Waals surface area (Å²) in [5.41, 5.74) is 1.70. The summed E-state index contributed by atoms with van der Waals surface area (Å²) in [6.45, 7) is 4.83. The molecule has 0 aliphatic carbocycles. The Labute approximate surface area is 130 Å². The van der Waals surface area contributed by atoms with E-state index in [1.807, 2.05) is 38.1 Å². The number of amides is 2. The lowest BCUT2D eigenvalue weighted by Crippen LogP contribution is -2.56. The highest BCUT2D eigenvalue weighted by atomic mass is 16.5. The Hall–Kier alpha value is -2.30. The molecule has 0 aromatic heterocycles. The van der Waals surface area contributed by atoms with Crippen LogP contribution in [0.4, 0.5) is 0 Å². The Bertz CT molecular complexity index is 595. The van der Waals surface area contributed by atoms with Crippen LogP contribution in [-0.4, -0.2) is 43.0 Å². The van der Waals surface area contributed by atoms with Crippen molar-refractivity contribution in [1.82, 2.24) is 10.2 Å². The molecule has 2 amide bonds. The number of methoxy groups -OCH3 is 1. The number of carbonyl (C=O) groups excluding carboxylic acids is 2. The molecule has 1 unspecified atom stereocenters. The van der Waals surface area contributed by atoms with E-state index in [0.29, 0.717) is 19.5 Å². The van der Waals surface area contributed by atoms with Gasteiger partial charge in [0.05, 0.1) is 7.11 Å². The van der Waals surface area contributed by atoms with Crippen molar-refractivity contribution >= 4 is 17.4 Å². The third-order valence-corrected chi connectivity index (χ3v) is 3.87. The summed E-state index contributed by atoms with van der Waals surface area (Å²) in [4.78, 5) is 26.0. The van der Waals surface area contributed by atoms with Crippen LogP contribution in [0.1, 0.15) is 25.8 Å². The minimum absolute atomic E-state index is 0.0783. The number of ether oxygens (including phenoxy) is 1. The van der Waals surface area contributed by atoms with E-state index in [2.05, 4.69) is 5.32 Å². The molecule has 1 aliphatic heterocycles. The first-order valence-electron chi connectivity index (χ1n) is 7.48. The molecule has 2 rings (SSSR count). The molecule has 1 aromatic rings. The molecule has 1 aromatic carbocycles. The van der Waals surface area contributed by atoms with Gasteiger partial charge in [0.25, 0.3) is 0 Å². The molecule has 1 heterocycles. The molecule has 5 heteroatoms. The average Bonchev–Trinajstić information content (AvgIpc) is 2.54. The molecular weight excluding hydrogens is 280 g/mol. The minimum Gasteiger partial charge on any atom is -0.496 e. The molecule has 1 N–H and O–H groups in total. The minimum atomic E-state index is -0.386. The SMILES string of the molecule is CCC1C(=O)NCCN1C(=O)C=C(C)c1ccccc1OC. The van der Waals surface area contributed by atoms with Gasteiger partial charge in [0, 0.05) is 24.7 Å². The molecular formula is C17H22N2O3. The van der Waals surface area contributed by atoms with Crippen molar-refractivity contribution in [3.63, 3.8) is 0 Å². The van der Waals surface area contributed by atoms with Crippen molar-refractivity contribution in [2.75, 3.05) is 20.2 Å². The second-order valence-corrected chi connectivity index (χ2v) is 5.27. The Morgan fingerprint density at radius 2 is 2.18 bits per heavy atom. The fraction of sp³-hybridized carbons (Fsp3) is 0.412. The van der Waals surface area contributed by atoms with E-state index in [1.54, 1.807) is 18.1 Å². The number of nitrogens with one attached hydrogen (secondary N) is 1. The topological polar surface area (TPSA) is 58.6 Å². The maximum absolute atomic E-state index is 12.5. The molecule has 0 spiro atoms. The number of allylic oxidation sites excluding steroid dienone is 1. The van der Waals surface area contributed by atoms with Crippen LogP contribution >= 0.6 is 0 Å². The van der Waals surface area contributed by atoms with E-state index in [-0.39, 0.29) is 17.9 Å². The number of hydrogen-bond donors (Lipinski definition) is 1. The Morgan fingerprint density at radius 3 is 2.86 bits per heavy atom. The Balaban J connectivity index is 2.23. The third-order valence-electron chi connectivity index (χ3n) is 3.87. The van der Waals surface area contributed by atoms with Gasteiger partial charge in [0.1, 0.15) is 11.8 Å². The first kappa shape index (κ1) is 16.1. The number of piperazine rings is 1. The maximum Gasteiger partial charge on any atom is 0.247 e. The largest absolute Gasteiger partial charge is 0.496 e. The van der Waals surface area contributed by atoms with E-state index in [4.69, 9.17) is 4.74 Å². The van der Waals surface area contributed by atoms with Crippen molar-refractivity contribution < 1.29 is 14.3 Å². The fourth-order valence-electron chi connectivity index (χ4n) is 2.70. The van der Waals surface area contributed by atoms with Crippen LogP contribution < -0.4 is 10.1 Å². The second-order valence-electron chi connectivity index (χ2n) is 5.27. The van der Waals surface area contributed by atoms with Gasteiger partial charge in [-0.25, -0.2) is 0 Å². The first-order chi connectivity index (χ1) is 10.6. The molecule has 22 heavy (non-hydrogen) atoms. The standard InChI is InChI=1S/C17H22N2O3/c1-4-14-17(21)18-9-10-19(14)16(20)11-12(2)13-7-5-6-8-15(13)22-3/h5-8,11,14H,4,9-10H2,1-3H3,(H,18,21). The molecule has 0 bridgehead atoms. The van der Waals surface area contributed by atoms with Gasteiger partial charge in [-0.05, 0) is 25.0 Å². The zero-order chi connectivity index (χ0) is 16.1. The highest BCUT2D eigenvalue weighted by Crippen LogP contribution is 2.25. The molecule has 0 saturated carbocycles. The van der Waals surface area contributed by atoms with E-state index in [9.17, 15) is 9.59 Å². The van der Waals surface area contributed by atoms with Gasteiger partial charge in [-0.1, -0.05) is 25.1 Å². The van der Waals surface area contributed by atoms with Crippen LogP contribution in [0.15, 0.2) is 30.3 Å². The zero-order valence-corrected chi connectivity index (χ0v) is 13.3. The number of para-hydroxylation sites is 1. The summed E-state index contributed by atoms with van der Waals surface area (Å²) in [6, 6.07) is 7.18. The average molecular weight is 302 g/mol. The van der Waals surface area contributed by atoms with Crippen molar-refractivity contribution in [2.45, 2.75) is 26.3 Å². The summed E-state index contributed by atoms with van der Waals surface area (Å²) < 4.78 is 5.32. The summed E-state index contributed by atoms with van der Waals surface area (Å²) >= 11 is 0. The lowest BCUT2D eigenvalue weighted by atomic mass is 10.0. The molecule has 1 atom stereocenters. The van der Waals surface area contributed by atoms with Gasteiger partial charge in [0.15, 0.2) is 0 Å². The monoisotopic (exact) mass is 302 g/mol. The summed E-state index contributed by atoms with van der Waals surface area (Å²) in [5.74, 6) is 0.517. The molecule has 1 fully saturated rings. The smallest absolute Gasteiger partial charge is 0.247 e. The van der Waals surface area contributed by atoms with E-state index in [0.717, 1.165) is 16.9 Å². The van der Waals surface area contributed by atoms with E-state index < -0.39 is 0 Å². The number of hydrogen-bond acceptors (Lipinski definition) is 3. The van der Waals surface area contributed by atoms with Crippen LogP contribution in [0.5, 0.6) is 5.75 Å². The zero-order valence-electron chi connectivity index (χ0n) is 13.3. The lowest BCUT2D eigenvalue weighted by molar-refractivity contribution is -0.140. The highest BCUT2D eigenvalue weighted by Gasteiger charge is 2.30. The predicted molar refractivity (Wildman–Crippen MR) is 85.4 cm³/mol. The predicted octanol–water partition coefficient (Wildman–Crippen LogP) is 1.84. The van der Waals surface area contributed by atoms with Gasteiger partial charge < -0.3 is 15.0 Å². The maximum atomic E-state index is 12.5. The van der Waals surface area contributed by atoms with Gasteiger partial charge in [-0.3, -0.25) is 9.59 Å². The van der Waals surface area contributed by atoms with Gasteiger partial charge in [-0.2, -0.15) is 0 Å². The molecule has 1 aliphatic rings.